The third kappa shape index (κ3) is 2.60. The molecule has 4 nitrogen and oxygen atoms in total. The van der Waals surface area contributed by atoms with Crippen molar-refractivity contribution >= 4 is 0 Å². The van der Waals surface area contributed by atoms with Gasteiger partial charge in [0.2, 0.25) is 0 Å². The Kier molecular flexibility index (Phi) is 4.44. The molecule has 0 amide bonds. The molecule has 2 rings (SSSR count). The lowest BCUT2D eigenvalue weighted by atomic mass is 9.87. The van der Waals surface area contributed by atoms with Crippen LogP contribution in [0.15, 0.2) is 18.2 Å². The molecule has 0 aliphatic carbocycles. The smallest absolute Gasteiger partial charge is 0.161 e. The highest BCUT2D eigenvalue weighted by Gasteiger charge is 2.26. The van der Waals surface area contributed by atoms with E-state index in [-0.39, 0.29) is 18.6 Å². The maximum atomic E-state index is 9.45. The summed E-state index contributed by atoms with van der Waals surface area (Å²) in [5.41, 5.74) is 1.14. The van der Waals surface area contributed by atoms with Gasteiger partial charge in [-0.2, -0.15) is 0 Å². The maximum Gasteiger partial charge on any atom is 0.161 e. The molecule has 0 spiro atoms. The van der Waals surface area contributed by atoms with E-state index < -0.39 is 0 Å². The Morgan fingerprint density at radius 3 is 2.72 bits per heavy atom. The highest BCUT2D eigenvalue weighted by molar-refractivity contribution is 5.44. The first-order chi connectivity index (χ1) is 8.80. The third-order valence-corrected chi connectivity index (χ3v) is 3.59. The Hall–Kier alpha value is -1.26. The van der Waals surface area contributed by atoms with Crippen LogP contribution in [0.25, 0.3) is 0 Å². The van der Waals surface area contributed by atoms with Gasteiger partial charge in [0.25, 0.3) is 0 Å². The van der Waals surface area contributed by atoms with Crippen LogP contribution in [0, 0.1) is 5.92 Å². The molecule has 1 heterocycles. The summed E-state index contributed by atoms with van der Waals surface area (Å²) in [6, 6.07) is 6.14. The molecule has 1 saturated heterocycles. The maximum absolute atomic E-state index is 9.45. The molecular weight excluding hydrogens is 230 g/mol. The normalized spacial score (nSPS) is 23.7. The summed E-state index contributed by atoms with van der Waals surface area (Å²) in [6.07, 6.45) is 2.18. The number of rotatable bonds is 4. The quantitative estimate of drug-likeness (QED) is 0.856. The topological polar surface area (TPSA) is 50.7 Å². The van der Waals surface area contributed by atoms with Gasteiger partial charge in [-0.3, -0.25) is 0 Å². The van der Waals surface area contributed by atoms with Gasteiger partial charge in [0.1, 0.15) is 0 Å². The number of benzene rings is 1. The largest absolute Gasteiger partial charge is 0.493 e. The molecule has 1 aliphatic heterocycles. The summed E-state index contributed by atoms with van der Waals surface area (Å²) in [7, 11) is 3.27. The van der Waals surface area contributed by atoms with Crippen LogP contribution in [0.1, 0.15) is 24.4 Å². The molecule has 100 valence electrons. The van der Waals surface area contributed by atoms with Gasteiger partial charge in [0.05, 0.1) is 14.2 Å². The van der Waals surface area contributed by atoms with Gasteiger partial charge in [-0.1, -0.05) is 6.07 Å². The lowest BCUT2D eigenvalue weighted by molar-refractivity contribution is 0.160. The van der Waals surface area contributed by atoms with Gasteiger partial charge in [-0.05, 0) is 37.1 Å². The average molecular weight is 251 g/mol. The van der Waals surface area contributed by atoms with Crippen molar-refractivity contribution in [1.29, 1.82) is 0 Å². The summed E-state index contributed by atoms with van der Waals surface area (Å²) >= 11 is 0. The van der Waals surface area contributed by atoms with Gasteiger partial charge in [0.15, 0.2) is 11.5 Å². The molecule has 1 aliphatic rings. The molecule has 0 saturated carbocycles. The number of hydrogen-bond acceptors (Lipinski definition) is 4. The van der Waals surface area contributed by atoms with Crippen molar-refractivity contribution in [1.82, 2.24) is 5.32 Å². The molecule has 2 N–H and O–H groups in total. The summed E-state index contributed by atoms with van der Waals surface area (Å²) < 4.78 is 10.6. The van der Waals surface area contributed by atoms with Crippen LogP contribution in [-0.2, 0) is 0 Å². The fourth-order valence-electron chi connectivity index (χ4n) is 2.59. The standard InChI is InChI=1S/C14H21NO3/c1-17-12-6-5-10(8-13(12)18-2)14-11(9-16)4-3-7-15-14/h5-6,8,11,14-16H,3-4,7,9H2,1-2H3. The second kappa shape index (κ2) is 6.07. The summed E-state index contributed by atoms with van der Waals surface area (Å²) in [6.45, 7) is 1.21. The minimum Gasteiger partial charge on any atom is -0.493 e. The van der Waals surface area contributed by atoms with Gasteiger partial charge in [0, 0.05) is 18.6 Å². The second-order valence-corrected chi connectivity index (χ2v) is 4.63. The van der Waals surface area contributed by atoms with E-state index in [1.54, 1.807) is 14.2 Å². The van der Waals surface area contributed by atoms with E-state index in [2.05, 4.69) is 5.32 Å². The molecule has 1 fully saturated rings. The zero-order valence-electron chi connectivity index (χ0n) is 11.0. The monoisotopic (exact) mass is 251 g/mol. The van der Waals surface area contributed by atoms with Crippen LogP contribution in [0.2, 0.25) is 0 Å². The zero-order valence-corrected chi connectivity index (χ0v) is 11.0. The lowest BCUT2D eigenvalue weighted by Gasteiger charge is -2.32. The van der Waals surface area contributed by atoms with E-state index in [9.17, 15) is 5.11 Å². The Bertz CT molecular complexity index is 395. The van der Waals surface area contributed by atoms with Gasteiger partial charge in [-0.15, -0.1) is 0 Å². The van der Waals surface area contributed by atoms with E-state index in [1.165, 1.54) is 0 Å². The third-order valence-electron chi connectivity index (χ3n) is 3.59. The van der Waals surface area contributed by atoms with Crippen molar-refractivity contribution in [2.45, 2.75) is 18.9 Å². The number of ether oxygens (including phenoxy) is 2. The molecule has 0 aromatic heterocycles. The number of methoxy groups -OCH3 is 2. The number of aliphatic hydroxyl groups is 1. The van der Waals surface area contributed by atoms with Crippen molar-refractivity contribution in [2.75, 3.05) is 27.4 Å². The zero-order chi connectivity index (χ0) is 13.0. The van der Waals surface area contributed by atoms with Crippen LogP contribution in [0.4, 0.5) is 0 Å². The average Bonchev–Trinajstić information content (AvgIpc) is 2.46. The van der Waals surface area contributed by atoms with Crippen molar-refractivity contribution < 1.29 is 14.6 Å². The molecule has 1 aromatic rings. The molecule has 2 atom stereocenters. The van der Waals surface area contributed by atoms with Gasteiger partial charge < -0.3 is 19.9 Å². The first-order valence-corrected chi connectivity index (χ1v) is 6.36. The first kappa shape index (κ1) is 13.2. The molecule has 18 heavy (non-hydrogen) atoms. The predicted octanol–water partition coefficient (Wildman–Crippen LogP) is 1.74. The Morgan fingerprint density at radius 1 is 1.28 bits per heavy atom. The van der Waals surface area contributed by atoms with Gasteiger partial charge in [-0.25, -0.2) is 0 Å². The van der Waals surface area contributed by atoms with Crippen LogP contribution in [-0.4, -0.2) is 32.5 Å². The van der Waals surface area contributed by atoms with Crippen LogP contribution >= 0.6 is 0 Å². The van der Waals surface area contributed by atoms with E-state index in [0.717, 1.165) is 36.4 Å². The SMILES string of the molecule is COc1ccc(C2NCCCC2CO)cc1OC. The summed E-state index contributed by atoms with van der Waals surface area (Å²) in [4.78, 5) is 0. The Balaban J connectivity index is 2.26. The molecule has 1 aromatic carbocycles. The Morgan fingerprint density at radius 2 is 2.06 bits per heavy atom. The predicted molar refractivity (Wildman–Crippen MR) is 70.1 cm³/mol. The number of aliphatic hydroxyl groups excluding tert-OH is 1. The Labute approximate surface area is 108 Å². The fourth-order valence-corrected chi connectivity index (χ4v) is 2.59. The van der Waals surface area contributed by atoms with Crippen LogP contribution in [0.3, 0.4) is 0 Å². The van der Waals surface area contributed by atoms with Crippen LogP contribution in [0.5, 0.6) is 11.5 Å². The van der Waals surface area contributed by atoms with Gasteiger partial charge >= 0.3 is 0 Å². The van der Waals surface area contributed by atoms with Crippen molar-refractivity contribution in [2.24, 2.45) is 5.92 Å². The fraction of sp³-hybridized carbons (Fsp3) is 0.571. The summed E-state index contributed by atoms with van der Waals surface area (Å²) in [5.74, 6) is 1.74. The van der Waals surface area contributed by atoms with Crippen molar-refractivity contribution in [3.05, 3.63) is 23.8 Å². The number of hydrogen-bond donors (Lipinski definition) is 2. The van der Waals surface area contributed by atoms with Crippen molar-refractivity contribution in [3.63, 3.8) is 0 Å². The molecular formula is C14H21NO3. The highest BCUT2D eigenvalue weighted by atomic mass is 16.5. The minimum absolute atomic E-state index is 0.198. The highest BCUT2D eigenvalue weighted by Crippen LogP contribution is 2.34. The minimum atomic E-state index is 0.198. The van der Waals surface area contributed by atoms with E-state index >= 15 is 0 Å². The number of piperidine rings is 1. The molecule has 4 heteroatoms. The number of nitrogens with one attached hydrogen (secondary N) is 1. The van der Waals surface area contributed by atoms with E-state index in [0.29, 0.717) is 0 Å². The molecule has 0 bridgehead atoms. The van der Waals surface area contributed by atoms with E-state index in [4.69, 9.17) is 9.47 Å². The first-order valence-electron chi connectivity index (χ1n) is 6.36. The van der Waals surface area contributed by atoms with Crippen molar-refractivity contribution in [3.8, 4) is 11.5 Å². The second-order valence-electron chi connectivity index (χ2n) is 4.63. The van der Waals surface area contributed by atoms with E-state index in [1.807, 2.05) is 18.2 Å². The lowest BCUT2D eigenvalue weighted by Crippen LogP contribution is -2.35. The molecule has 2 unspecified atom stereocenters. The summed E-state index contributed by atoms with van der Waals surface area (Å²) in [5, 5.41) is 12.9. The van der Waals surface area contributed by atoms with Crippen LogP contribution < -0.4 is 14.8 Å². The molecule has 0 radical (unpaired) electrons.